The van der Waals surface area contributed by atoms with Crippen LogP contribution in [-0.4, -0.2) is 20.9 Å². The standard InChI is InChI=1S/C18H19F3N2O3S/c1-13(14-6-5-7-15(12-14)18(19,20)21)23-17(24)10-11-22-27(25,26)16-8-3-2-4-9-16/h2-9,12-13,22H,10-11H2,1H3,(H,23,24). The Kier molecular flexibility index (Phi) is 6.61. The second-order valence-corrected chi connectivity index (χ2v) is 7.64. The van der Waals surface area contributed by atoms with Crippen LogP contribution in [-0.2, 0) is 21.0 Å². The summed E-state index contributed by atoms with van der Waals surface area (Å²) in [5.41, 5.74) is -0.486. The minimum Gasteiger partial charge on any atom is -0.350 e. The molecule has 0 heterocycles. The topological polar surface area (TPSA) is 75.3 Å². The number of nitrogens with one attached hydrogen (secondary N) is 2. The average Bonchev–Trinajstić information content (AvgIpc) is 2.61. The van der Waals surface area contributed by atoms with Crippen molar-refractivity contribution in [2.75, 3.05) is 6.54 Å². The van der Waals surface area contributed by atoms with E-state index in [0.29, 0.717) is 5.56 Å². The Hall–Kier alpha value is -2.39. The number of halogens is 3. The monoisotopic (exact) mass is 400 g/mol. The molecule has 5 nitrogen and oxygen atoms in total. The summed E-state index contributed by atoms with van der Waals surface area (Å²) < 4.78 is 64.7. The second-order valence-electron chi connectivity index (χ2n) is 5.87. The van der Waals surface area contributed by atoms with Gasteiger partial charge in [-0.2, -0.15) is 13.2 Å². The summed E-state index contributed by atoms with van der Waals surface area (Å²) >= 11 is 0. The van der Waals surface area contributed by atoms with Crippen LogP contribution in [0.1, 0.15) is 30.5 Å². The van der Waals surface area contributed by atoms with Gasteiger partial charge in [0.05, 0.1) is 16.5 Å². The molecule has 0 saturated heterocycles. The van der Waals surface area contributed by atoms with Gasteiger partial charge in [0.25, 0.3) is 0 Å². The Morgan fingerprint density at radius 1 is 1.07 bits per heavy atom. The summed E-state index contributed by atoms with van der Waals surface area (Å²) in [5.74, 6) is -0.476. The van der Waals surface area contributed by atoms with Gasteiger partial charge in [0.1, 0.15) is 0 Å². The van der Waals surface area contributed by atoms with Crippen LogP contribution in [0.2, 0.25) is 0 Å². The fourth-order valence-corrected chi connectivity index (χ4v) is 3.42. The molecule has 2 aromatic carbocycles. The number of hydrogen-bond acceptors (Lipinski definition) is 3. The van der Waals surface area contributed by atoms with Gasteiger partial charge in [-0.05, 0) is 36.8 Å². The maximum absolute atomic E-state index is 12.8. The zero-order valence-electron chi connectivity index (χ0n) is 14.5. The predicted molar refractivity (Wildman–Crippen MR) is 94.2 cm³/mol. The molecule has 0 saturated carbocycles. The molecule has 2 N–H and O–H groups in total. The Morgan fingerprint density at radius 2 is 1.74 bits per heavy atom. The summed E-state index contributed by atoms with van der Waals surface area (Å²) in [6, 6.07) is 11.7. The molecule has 0 aliphatic heterocycles. The predicted octanol–water partition coefficient (Wildman–Crippen LogP) is 3.25. The number of carbonyl (C=O) groups excluding carboxylic acids is 1. The summed E-state index contributed by atoms with van der Waals surface area (Å²) in [4.78, 5) is 12.0. The second kappa shape index (κ2) is 8.53. The smallest absolute Gasteiger partial charge is 0.350 e. The first kappa shape index (κ1) is 20.9. The van der Waals surface area contributed by atoms with Gasteiger partial charge in [0.2, 0.25) is 15.9 Å². The number of hydrogen-bond donors (Lipinski definition) is 2. The first-order valence-corrected chi connectivity index (χ1v) is 9.59. The zero-order chi connectivity index (χ0) is 20.1. The quantitative estimate of drug-likeness (QED) is 0.749. The van der Waals surface area contributed by atoms with E-state index < -0.39 is 33.7 Å². The van der Waals surface area contributed by atoms with E-state index in [0.717, 1.165) is 12.1 Å². The van der Waals surface area contributed by atoms with Crippen molar-refractivity contribution < 1.29 is 26.4 Å². The van der Waals surface area contributed by atoms with Crippen LogP contribution in [0.4, 0.5) is 13.2 Å². The number of carbonyl (C=O) groups is 1. The van der Waals surface area contributed by atoms with Crippen LogP contribution in [0.15, 0.2) is 59.5 Å². The molecular formula is C18H19F3N2O3S. The lowest BCUT2D eigenvalue weighted by Gasteiger charge is -2.16. The number of amides is 1. The van der Waals surface area contributed by atoms with Crippen LogP contribution in [0.3, 0.4) is 0 Å². The highest BCUT2D eigenvalue weighted by molar-refractivity contribution is 7.89. The molecular weight excluding hydrogens is 381 g/mol. The lowest BCUT2D eigenvalue weighted by molar-refractivity contribution is -0.137. The molecule has 0 radical (unpaired) electrons. The van der Waals surface area contributed by atoms with Crippen LogP contribution in [0.5, 0.6) is 0 Å². The average molecular weight is 400 g/mol. The third-order valence-corrected chi connectivity index (χ3v) is 5.27. The molecule has 0 spiro atoms. The van der Waals surface area contributed by atoms with Crippen LogP contribution in [0.25, 0.3) is 0 Å². The number of benzene rings is 2. The first-order chi connectivity index (χ1) is 12.6. The molecule has 0 aromatic heterocycles. The van der Waals surface area contributed by atoms with Crippen molar-refractivity contribution in [2.24, 2.45) is 0 Å². The number of alkyl halides is 3. The minimum absolute atomic E-state index is 0.0859. The molecule has 0 bridgehead atoms. The van der Waals surface area contributed by atoms with E-state index in [4.69, 9.17) is 0 Å². The summed E-state index contributed by atoms with van der Waals surface area (Å²) in [7, 11) is -3.71. The fourth-order valence-electron chi connectivity index (χ4n) is 2.36. The van der Waals surface area contributed by atoms with Crippen molar-refractivity contribution >= 4 is 15.9 Å². The van der Waals surface area contributed by atoms with E-state index in [-0.39, 0.29) is 17.9 Å². The molecule has 0 aliphatic rings. The SMILES string of the molecule is CC(NC(=O)CCNS(=O)(=O)c1ccccc1)c1cccc(C(F)(F)F)c1. The van der Waals surface area contributed by atoms with Crippen molar-refractivity contribution in [3.8, 4) is 0 Å². The Morgan fingerprint density at radius 3 is 2.37 bits per heavy atom. The van der Waals surface area contributed by atoms with Crippen molar-refractivity contribution in [3.05, 3.63) is 65.7 Å². The maximum atomic E-state index is 12.8. The van der Waals surface area contributed by atoms with Gasteiger partial charge in [0, 0.05) is 13.0 Å². The van der Waals surface area contributed by atoms with Crippen molar-refractivity contribution in [1.82, 2.24) is 10.0 Å². The Labute approximate surface area is 155 Å². The van der Waals surface area contributed by atoms with Gasteiger partial charge in [-0.15, -0.1) is 0 Å². The van der Waals surface area contributed by atoms with Gasteiger partial charge >= 0.3 is 6.18 Å². The third kappa shape index (κ3) is 6.07. The van der Waals surface area contributed by atoms with Gasteiger partial charge in [-0.25, -0.2) is 13.1 Å². The molecule has 2 rings (SSSR count). The largest absolute Gasteiger partial charge is 0.416 e. The molecule has 146 valence electrons. The van der Waals surface area contributed by atoms with E-state index in [1.54, 1.807) is 25.1 Å². The molecule has 1 atom stereocenters. The van der Waals surface area contributed by atoms with Crippen molar-refractivity contribution in [2.45, 2.75) is 30.5 Å². The summed E-state index contributed by atoms with van der Waals surface area (Å²) in [5, 5.41) is 2.56. The minimum atomic E-state index is -4.46. The van der Waals surface area contributed by atoms with Gasteiger partial charge in [-0.3, -0.25) is 4.79 Å². The van der Waals surface area contributed by atoms with Gasteiger partial charge in [-0.1, -0.05) is 30.3 Å². The molecule has 0 aliphatic carbocycles. The normalized spacial score (nSPS) is 13.2. The molecule has 27 heavy (non-hydrogen) atoms. The number of sulfonamides is 1. The summed E-state index contributed by atoms with van der Waals surface area (Å²) in [6.07, 6.45) is -4.61. The number of rotatable bonds is 7. The fraction of sp³-hybridized carbons (Fsp3) is 0.278. The molecule has 1 unspecified atom stereocenters. The van der Waals surface area contributed by atoms with E-state index >= 15 is 0 Å². The van der Waals surface area contributed by atoms with Gasteiger partial charge < -0.3 is 5.32 Å². The third-order valence-electron chi connectivity index (χ3n) is 3.79. The van der Waals surface area contributed by atoms with E-state index in [1.807, 2.05) is 0 Å². The highest BCUT2D eigenvalue weighted by Gasteiger charge is 2.30. The Bertz CT molecular complexity index is 884. The molecule has 0 fully saturated rings. The van der Waals surface area contributed by atoms with Crippen LogP contribution in [0, 0.1) is 0 Å². The van der Waals surface area contributed by atoms with Gasteiger partial charge in [0.15, 0.2) is 0 Å². The lowest BCUT2D eigenvalue weighted by Crippen LogP contribution is -2.32. The Balaban J connectivity index is 1.89. The van der Waals surface area contributed by atoms with E-state index in [1.165, 1.54) is 24.3 Å². The molecule has 9 heteroatoms. The zero-order valence-corrected chi connectivity index (χ0v) is 15.3. The molecule has 1 amide bonds. The molecule has 2 aromatic rings. The van der Waals surface area contributed by atoms with Crippen LogP contribution >= 0.6 is 0 Å². The van der Waals surface area contributed by atoms with E-state index in [9.17, 15) is 26.4 Å². The highest BCUT2D eigenvalue weighted by Crippen LogP contribution is 2.30. The lowest BCUT2D eigenvalue weighted by atomic mass is 10.0. The maximum Gasteiger partial charge on any atom is 0.416 e. The van der Waals surface area contributed by atoms with Crippen LogP contribution < -0.4 is 10.0 Å². The van der Waals surface area contributed by atoms with E-state index in [2.05, 4.69) is 10.0 Å². The first-order valence-electron chi connectivity index (χ1n) is 8.11. The van der Waals surface area contributed by atoms with Crippen molar-refractivity contribution in [1.29, 1.82) is 0 Å². The highest BCUT2D eigenvalue weighted by atomic mass is 32.2. The summed E-state index contributed by atoms with van der Waals surface area (Å²) in [6.45, 7) is 1.43. The van der Waals surface area contributed by atoms with Crippen molar-refractivity contribution in [3.63, 3.8) is 0 Å².